The van der Waals surface area contributed by atoms with Gasteiger partial charge in [0.2, 0.25) is 10.7 Å². The van der Waals surface area contributed by atoms with Gasteiger partial charge >= 0.3 is 0 Å². The van der Waals surface area contributed by atoms with E-state index >= 15 is 0 Å². The summed E-state index contributed by atoms with van der Waals surface area (Å²) in [6.45, 7) is 0. The van der Waals surface area contributed by atoms with Crippen LogP contribution in [0, 0.1) is 0 Å². The molecule has 2 aromatic carbocycles. The summed E-state index contributed by atoms with van der Waals surface area (Å²) in [6, 6.07) is 11.0. The third kappa shape index (κ3) is 1.84. The number of anilines is 1. The molecule has 0 fully saturated rings. The summed E-state index contributed by atoms with van der Waals surface area (Å²) in [5.41, 5.74) is 1.06. The third-order valence-corrected chi connectivity index (χ3v) is 3.24. The Morgan fingerprint density at radius 3 is 2.44 bits per heavy atom. The Bertz CT molecular complexity index is 595. The van der Waals surface area contributed by atoms with E-state index < -0.39 is 10.7 Å². The second kappa shape index (κ2) is 4.06. The molecular formula is C12H12NO2S. The predicted molar refractivity (Wildman–Crippen MR) is 65.5 cm³/mol. The lowest BCUT2D eigenvalue weighted by atomic mass is 10.1. The first-order valence-corrected chi connectivity index (χ1v) is 5.96. The molecule has 0 aliphatic carbocycles. The molecule has 0 saturated heterocycles. The average molecular weight is 234 g/mol. The number of hydrogen-bond donors (Lipinski definition) is 0. The number of rotatable bonds is 2. The molecule has 1 radical (unpaired) electrons. The fourth-order valence-corrected chi connectivity index (χ4v) is 2.22. The predicted octanol–water partition coefficient (Wildman–Crippen LogP) is 2.14. The van der Waals surface area contributed by atoms with Crippen molar-refractivity contribution in [1.82, 2.24) is 0 Å². The lowest BCUT2D eigenvalue weighted by Gasteiger charge is -2.13. The quantitative estimate of drug-likeness (QED) is 0.799. The van der Waals surface area contributed by atoms with Crippen LogP contribution in [0.4, 0.5) is 5.69 Å². The van der Waals surface area contributed by atoms with Crippen molar-refractivity contribution < 1.29 is 8.42 Å². The molecule has 0 N–H and O–H groups in total. The first-order chi connectivity index (χ1) is 7.59. The Morgan fingerprint density at radius 2 is 1.81 bits per heavy atom. The molecule has 0 amide bonds. The van der Waals surface area contributed by atoms with E-state index in [0.29, 0.717) is 4.90 Å². The number of fused-ring (bicyclic) bond motifs is 1. The van der Waals surface area contributed by atoms with E-state index in [1.54, 1.807) is 12.1 Å². The number of hydrogen-bond acceptors (Lipinski definition) is 3. The van der Waals surface area contributed by atoms with Gasteiger partial charge < -0.3 is 4.90 Å². The van der Waals surface area contributed by atoms with Gasteiger partial charge in [0.15, 0.2) is 0 Å². The van der Waals surface area contributed by atoms with Gasteiger partial charge in [0.05, 0.1) is 0 Å². The van der Waals surface area contributed by atoms with Crippen LogP contribution in [-0.2, 0) is 10.7 Å². The van der Waals surface area contributed by atoms with Crippen molar-refractivity contribution in [3.8, 4) is 0 Å². The minimum absolute atomic E-state index is 0.350. The van der Waals surface area contributed by atoms with Crippen LogP contribution in [0.15, 0.2) is 41.3 Å². The molecule has 16 heavy (non-hydrogen) atoms. The molecule has 0 atom stereocenters. The number of nitrogens with zero attached hydrogens (tertiary/aromatic N) is 1. The fourth-order valence-electron chi connectivity index (χ4n) is 1.66. The van der Waals surface area contributed by atoms with Gasteiger partial charge in [-0.05, 0) is 23.6 Å². The van der Waals surface area contributed by atoms with Crippen LogP contribution < -0.4 is 4.90 Å². The molecule has 0 spiro atoms. The molecule has 0 aliphatic rings. The zero-order chi connectivity index (χ0) is 11.7. The maximum atomic E-state index is 11.0. The summed E-state index contributed by atoms with van der Waals surface area (Å²) in [5, 5.41) is 1.70. The standard InChI is InChI=1S/C12H12NO2S/c1-13(2)10-6-7-11-9(8-10)4-3-5-12(11)16(14)15/h3-8H,1-2H3. The molecule has 2 rings (SSSR count). The number of benzene rings is 2. The largest absolute Gasteiger partial charge is 0.378 e. The van der Waals surface area contributed by atoms with Crippen LogP contribution in [0.1, 0.15) is 0 Å². The summed E-state index contributed by atoms with van der Waals surface area (Å²) < 4.78 is 22.0. The zero-order valence-corrected chi connectivity index (χ0v) is 9.95. The molecule has 0 heterocycles. The molecule has 83 valence electrons. The van der Waals surface area contributed by atoms with E-state index in [2.05, 4.69) is 0 Å². The molecule has 2 aromatic rings. The Labute approximate surface area is 96.3 Å². The normalized spacial score (nSPS) is 10.4. The van der Waals surface area contributed by atoms with E-state index in [1.807, 2.05) is 43.3 Å². The van der Waals surface area contributed by atoms with Gasteiger partial charge in [-0.25, -0.2) is 0 Å². The van der Waals surface area contributed by atoms with Crippen molar-refractivity contribution in [2.75, 3.05) is 19.0 Å². The maximum absolute atomic E-state index is 11.0. The van der Waals surface area contributed by atoms with Crippen molar-refractivity contribution in [3.63, 3.8) is 0 Å². The highest BCUT2D eigenvalue weighted by Gasteiger charge is 2.05. The fraction of sp³-hybridized carbons (Fsp3) is 0.167. The van der Waals surface area contributed by atoms with Gasteiger partial charge in [0, 0.05) is 25.2 Å². The third-order valence-electron chi connectivity index (χ3n) is 2.52. The van der Waals surface area contributed by atoms with Crippen molar-refractivity contribution in [1.29, 1.82) is 0 Å². The van der Waals surface area contributed by atoms with Crippen molar-refractivity contribution in [2.24, 2.45) is 0 Å². The van der Waals surface area contributed by atoms with Crippen molar-refractivity contribution in [3.05, 3.63) is 36.4 Å². The molecule has 0 aromatic heterocycles. The van der Waals surface area contributed by atoms with Gasteiger partial charge in [-0.3, -0.25) is 0 Å². The topological polar surface area (TPSA) is 37.4 Å². The monoisotopic (exact) mass is 234 g/mol. The van der Waals surface area contributed by atoms with Gasteiger partial charge in [-0.15, -0.1) is 0 Å². The van der Waals surface area contributed by atoms with Gasteiger partial charge in [-0.1, -0.05) is 18.2 Å². The molecule has 0 bridgehead atoms. The smallest absolute Gasteiger partial charge is 0.222 e. The Balaban J connectivity index is 2.73. The summed E-state index contributed by atoms with van der Waals surface area (Å²) in [4.78, 5) is 2.34. The van der Waals surface area contributed by atoms with Gasteiger partial charge in [0.25, 0.3) is 0 Å². The molecular weight excluding hydrogens is 222 g/mol. The van der Waals surface area contributed by atoms with E-state index in [0.717, 1.165) is 16.5 Å². The molecule has 0 aliphatic heterocycles. The van der Waals surface area contributed by atoms with Crippen molar-refractivity contribution in [2.45, 2.75) is 4.90 Å². The average Bonchev–Trinajstić information content (AvgIpc) is 2.27. The SMILES string of the molecule is CN(C)c1ccc2c([S](=O)=O)cccc2c1. The van der Waals surface area contributed by atoms with Crippen LogP contribution in [0.2, 0.25) is 0 Å². The Morgan fingerprint density at radius 1 is 1.06 bits per heavy atom. The molecule has 0 unspecified atom stereocenters. The van der Waals surface area contributed by atoms with Crippen LogP contribution in [0.3, 0.4) is 0 Å². The Hall–Kier alpha value is -1.68. The second-order valence-electron chi connectivity index (χ2n) is 3.79. The molecule has 3 nitrogen and oxygen atoms in total. The van der Waals surface area contributed by atoms with Gasteiger partial charge in [0.1, 0.15) is 4.90 Å². The van der Waals surface area contributed by atoms with Gasteiger partial charge in [-0.2, -0.15) is 8.42 Å². The Kier molecular flexibility index (Phi) is 2.75. The summed E-state index contributed by atoms with van der Waals surface area (Å²) in [7, 11) is 1.73. The highest BCUT2D eigenvalue weighted by Crippen LogP contribution is 2.24. The molecule has 4 heteroatoms. The van der Waals surface area contributed by atoms with Crippen LogP contribution >= 0.6 is 0 Å². The zero-order valence-electron chi connectivity index (χ0n) is 9.14. The molecule has 0 saturated carbocycles. The van der Waals surface area contributed by atoms with Crippen LogP contribution in [0.25, 0.3) is 10.8 Å². The lowest BCUT2D eigenvalue weighted by Crippen LogP contribution is -2.08. The van der Waals surface area contributed by atoms with E-state index in [1.165, 1.54) is 0 Å². The first-order valence-electron chi connectivity index (χ1n) is 4.89. The lowest BCUT2D eigenvalue weighted by molar-refractivity contribution is 0.615. The van der Waals surface area contributed by atoms with Crippen LogP contribution in [0.5, 0.6) is 0 Å². The minimum atomic E-state index is -2.18. The van der Waals surface area contributed by atoms with E-state index in [9.17, 15) is 8.42 Å². The minimum Gasteiger partial charge on any atom is -0.378 e. The summed E-state index contributed by atoms with van der Waals surface area (Å²) in [5.74, 6) is 0. The second-order valence-corrected chi connectivity index (χ2v) is 4.70. The summed E-state index contributed by atoms with van der Waals surface area (Å²) >= 11 is 0. The highest BCUT2D eigenvalue weighted by molar-refractivity contribution is 7.72. The maximum Gasteiger partial charge on any atom is 0.222 e. The highest BCUT2D eigenvalue weighted by atomic mass is 32.2. The first kappa shape index (κ1) is 10.8. The summed E-state index contributed by atoms with van der Waals surface area (Å²) in [6.07, 6.45) is 0. The van der Waals surface area contributed by atoms with E-state index in [4.69, 9.17) is 0 Å². The van der Waals surface area contributed by atoms with E-state index in [-0.39, 0.29) is 0 Å². The van der Waals surface area contributed by atoms with Crippen molar-refractivity contribution >= 4 is 27.2 Å². The van der Waals surface area contributed by atoms with Crippen LogP contribution in [-0.4, -0.2) is 22.5 Å².